The van der Waals surface area contributed by atoms with Crippen LogP contribution >= 0.6 is 0 Å². The van der Waals surface area contributed by atoms with Crippen LogP contribution in [0.15, 0.2) is 11.6 Å². The summed E-state index contributed by atoms with van der Waals surface area (Å²) >= 11 is 0. The molecule has 1 aliphatic carbocycles. The van der Waals surface area contributed by atoms with Gasteiger partial charge < -0.3 is 5.11 Å². The zero-order valence-electron chi connectivity index (χ0n) is 6.06. The molecule has 1 N–H and O–H groups in total. The van der Waals surface area contributed by atoms with E-state index in [4.69, 9.17) is 5.11 Å². The molecule has 0 spiro atoms. The molecule has 1 aliphatic rings. The second-order valence-corrected chi connectivity index (χ2v) is 2.44. The zero-order valence-corrected chi connectivity index (χ0v) is 6.06. The molecule has 1 heteroatoms. The lowest BCUT2D eigenvalue weighted by atomic mass is 10.0. The van der Waals surface area contributed by atoms with Crippen molar-refractivity contribution in [1.82, 2.24) is 0 Å². The summed E-state index contributed by atoms with van der Waals surface area (Å²) in [6.07, 6.45) is 6.99. The lowest BCUT2D eigenvalue weighted by Crippen LogP contribution is -1.88. The first-order valence-electron chi connectivity index (χ1n) is 3.72. The molecular formula is C9H12O. The van der Waals surface area contributed by atoms with Crippen molar-refractivity contribution in [3.63, 3.8) is 0 Å². The standard InChI is InChI=1S/C9H12O/c10-8-4-7-9-5-2-1-3-6-9/h5,10H,1-3,6,8H2. The van der Waals surface area contributed by atoms with E-state index in [1.165, 1.54) is 18.4 Å². The average molecular weight is 136 g/mol. The molecule has 0 heterocycles. The van der Waals surface area contributed by atoms with Crippen LogP contribution in [0.5, 0.6) is 0 Å². The van der Waals surface area contributed by atoms with Crippen molar-refractivity contribution in [1.29, 1.82) is 0 Å². The van der Waals surface area contributed by atoms with Gasteiger partial charge in [0, 0.05) is 0 Å². The molecule has 0 unspecified atom stereocenters. The van der Waals surface area contributed by atoms with E-state index >= 15 is 0 Å². The Morgan fingerprint density at radius 2 is 2.40 bits per heavy atom. The summed E-state index contributed by atoms with van der Waals surface area (Å²) in [6.45, 7) is -0.0165. The molecule has 0 aliphatic heterocycles. The summed E-state index contributed by atoms with van der Waals surface area (Å²) in [5, 5.41) is 8.40. The van der Waals surface area contributed by atoms with Crippen LogP contribution in [0, 0.1) is 11.8 Å². The minimum absolute atomic E-state index is 0.0165. The summed E-state index contributed by atoms with van der Waals surface area (Å²) < 4.78 is 0. The molecule has 0 atom stereocenters. The Morgan fingerprint density at radius 1 is 1.50 bits per heavy atom. The average Bonchev–Trinajstić information content (AvgIpc) is 2.03. The van der Waals surface area contributed by atoms with Crippen LogP contribution in [-0.4, -0.2) is 11.7 Å². The Kier molecular flexibility index (Phi) is 3.05. The maximum atomic E-state index is 8.40. The van der Waals surface area contributed by atoms with Crippen LogP contribution in [0.4, 0.5) is 0 Å². The van der Waals surface area contributed by atoms with Crippen molar-refractivity contribution in [2.24, 2.45) is 0 Å². The maximum absolute atomic E-state index is 8.40. The fourth-order valence-corrected chi connectivity index (χ4v) is 1.10. The van der Waals surface area contributed by atoms with Crippen molar-refractivity contribution in [2.45, 2.75) is 25.7 Å². The minimum Gasteiger partial charge on any atom is -0.384 e. The Labute approximate surface area is 61.8 Å². The lowest BCUT2D eigenvalue weighted by Gasteiger charge is -2.05. The summed E-state index contributed by atoms with van der Waals surface area (Å²) in [5.74, 6) is 5.59. The van der Waals surface area contributed by atoms with Gasteiger partial charge in [0.15, 0.2) is 0 Å². The van der Waals surface area contributed by atoms with Crippen LogP contribution in [-0.2, 0) is 0 Å². The van der Waals surface area contributed by atoms with Crippen LogP contribution < -0.4 is 0 Å². The number of rotatable bonds is 0. The van der Waals surface area contributed by atoms with Crippen LogP contribution in [0.3, 0.4) is 0 Å². The Hall–Kier alpha value is -0.740. The van der Waals surface area contributed by atoms with Crippen molar-refractivity contribution < 1.29 is 5.11 Å². The van der Waals surface area contributed by atoms with Gasteiger partial charge in [-0.2, -0.15) is 0 Å². The molecule has 54 valence electrons. The number of hydrogen-bond donors (Lipinski definition) is 1. The van der Waals surface area contributed by atoms with Crippen molar-refractivity contribution in [2.75, 3.05) is 6.61 Å². The molecule has 10 heavy (non-hydrogen) atoms. The number of allylic oxidation sites excluding steroid dienone is 2. The highest BCUT2D eigenvalue weighted by molar-refractivity contribution is 5.29. The summed E-state index contributed by atoms with van der Waals surface area (Å²) in [4.78, 5) is 0. The van der Waals surface area contributed by atoms with Gasteiger partial charge in [0.1, 0.15) is 6.61 Å². The summed E-state index contributed by atoms with van der Waals surface area (Å²) in [5.41, 5.74) is 1.21. The second-order valence-electron chi connectivity index (χ2n) is 2.44. The number of hydrogen-bond acceptors (Lipinski definition) is 1. The van der Waals surface area contributed by atoms with E-state index < -0.39 is 0 Å². The van der Waals surface area contributed by atoms with E-state index in [1.807, 2.05) is 0 Å². The van der Waals surface area contributed by atoms with Crippen LogP contribution in [0.25, 0.3) is 0 Å². The van der Waals surface area contributed by atoms with Crippen molar-refractivity contribution in [3.05, 3.63) is 11.6 Å². The largest absolute Gasteiger partial charge is 0.384 e. The highest BCUT2D eigenvalue weighted by atomic mass is 16.2. The second kappa shape index (κ2) is 4.14. The van der Waals surface area contributed by atoms with E-state index in [0.29, 0.717) is 0 Å². The Bertz CT molecular complexity index is 181. The van der Waals surface area contributed by atoms with E-state index in [-0.39, 0.29) is 6.61 Å². The lowest BCUT2D eigenvalue weighted by molar-refractivity contribution is 0.350. The molecule has 0 aromatic carbocycles. The van der Waals surface area contributed by atoms with Gasteiger partial charge in [0.25, 0.3) is 0 Å². The first-order valence-corrected chi connectivity index (χ1v) is 3.72. The van der Waals surface area contributed by atoms with Crippen molar-refractivity contribution in [3.8, 4) is 11.8 Å². The summed E-state index contributed by atoms with van der Waals surface area (Å²) in [7, 11) is 0. The molecule has 0 radical (unpaired) electrons. The smallest absolute Gasteiger partial charge is 0.104 e. The van der Waals surface area contributed by atoms with Crippen LogP contribution in [0.2, 0.25) is 0 Å². The van der Waals surface area contributed by atoms with Gasteiger partial charge in [0.05, 0.1) is 0 Å². The molecule has 0 bridgehead atoms. The molecule has 0 amide bonds. The van der Waals surface area contributed by atoms with Gasteiger partial charge in [-0.15, -0.1) is 0 Å². The molecule has 1 nitrogen and oxygen atoms in total. The molecular weight excluding hydrogens is 124 g/mol. The zero-order chi connectivity index (χ0) is 7.23. The highest BCUT2D eigenvalue weighted by Gasteiger charge is 1.98. The first-order chi connectivity index (χ1) is 4.93. The molecule has 0 saturated carbocycles. The monoisotopic (exact) mass is 136 g/mol. The maximum Gasteiger partial charge on any atom is 0.104 e. The third-order valence-corrected chi connectivity index (χ3v) is 1.62. The molecule has 0 fully saturated rings. The van der Waals surface area contributed by atoms with E-state index in [2.05, 4.69) is 17.9 Å². The van der Waals surface area contributed by atoms with Gasteiger partial charge in [-0.3, -0.25) is 0 Å². The van der Waals surface area contributed by atoms with E-state index in [9.17, 15) is 0 Å². The van der Waals surface area contributed by atoms with E-state index in [0.717, 1.165) is 12.8 Å². The Balaban J connectivity index is 2.46. The molecule has 0 saturated heterocycles. The van der Waals surface area contributed by atoms with Crippen molar-refractivity contribution >= 4 is 0 Å². The third kappa shape index (κ3) is 2.24. The van der Waals surface area contributed by atoms with Gasteiger partial charge in [-0.25, -0.2) is 0 Å². The normalized spacial score (nSPS) is 17.1. The van der Waals surface area contributed by atoms with E-state index in [1.54, 1.807) is 0 Å². The highest BCUT2D eigenvalue weighted by Crippen LogP contribution is 2.15. The Morgan fingerprint density at radius 3 is 3.00 bits per heavy atom. The fourth-order valence-electron chi connectivity index (χ4n) is 1.10. The predicted octanol–water partition coefficient (Wildman–Crippen LogP) is 1.48. The van der Waals surface area contributed by atoms with Gasteiger partial charge in [0.2, 0.25) is 0 Å². The molecule has 0 aromatic rings. The minimum atomic E-state index is -0.0165. The quantitative estimate of drug-likeness (QED) is 0.500. The van der Waals surface area contributed by atoms with Crippen LogP contribution in [0.1, 0.15) is 25.7 Å². The summed E-state index contributed by atoms with van der Waals surface area (Å²) in [6, 6.07) is 0. The SMILES string of the molecule is OCC#CC1=CCCCC1. The van der Waals surface area contributed by atoms with Gasteiger partial charge >= 0.3 is 0 Å². The molecule has 1 rings (SSSR count). The third-order valence-electron chi connectivity index (χ3n) is 1.62. The number of aliphatic hydroxyl groups excluding tert-OH is 1. The molecule has 0 aromatic heterocycles. The van der Waals surface area contributed by atoms with Gasteiger partial charge in [-0.1, -0.05) is 17.9 Å². The fraction of sp³-hybridized carbons (Fsp3) is 0.556. The predicted molar refractivity (Wildman–Crippen MR) is 41.4 cm³/mol. The van der Waals surface area contributed by atoms with Gasteiger partial charge in [-0.05, 0) is 31.3 Å². The topological polar surface area (TPSA) is 20.2 Å². The first kappa shape index (κ1) is 7.37. The number of aliphatic hydroxyl groups is 1.